The van der Waals surface area contributed by atoms with Crippen molar-refractivity contribution in [3.8, 4) is 5.75 Å². The highest BCUT2D eigenvalue weighted by Crippen LogP contribution is 2.18. The lowest BCUT2D eigenvalue weighted by atomic mass is 10.1. The molecule has 0 aliphatic rings. The Morgan fingerprint density at radius 3 is 2.41 bits per heavy atom. The molecular formula is C17H22N2O2S. The molecule has 1 aromatic carbocycles. The molecule has 0 aliphatic carbocycles. The number of amides is 1. The van der Waals surface area contributed by atoms with Gasteiger partial charge in [0.2, 0.25) is 0 Å². The SMILES string of the molecule is Cc1cc(C)cc(OC(C)C(=O)NCc2sc(C)nc2C)c1. The number of hydrogen-bond acceptors (Lipinski definition) is 4. The van der Waals surface area contributed by atoms with Crippen LogP contribution in [0.1, 0.15) is 33.6 Å². The first kappa shape index (κ1) is 16.5. The third kappa shape index (κ3) is 4.31. The molecule has 1 heterocycles. The van der Waals surface area contributed by atoms with Crippen LogP contribution in [0, 0.1) is 27.7 Å². The summed E-state index contributed by atoms with van der Waals surface area (Å²) in [5, 5.41) is 3.92. The number of carbonyl (C=O) groups excluding carboxylic acids is 1. The molecule has 5 heteroatoms. The van der Waals surface area contributed by atoms with Crippen molar-refractivity contribution >= 4 is 17.2 Å². The summed E-state index contributed by atoms with van der Waals surface area (Å²) in [6, 6.07) is 5.95. The molecule has 1 aromatic heterocycles. The molecular weight excluding hydrogens is 296 g/mol. The quantitative estimate of drug-likeness (QED) is 0.918. The summed E-state index contributed by atoms with van der Waals surface area (Å²) >= 11 is 1.61. The molecule has 1 atom stereocenters. The van der Waals surface area contributed by atoms with Gasteiger partial charge in [-0.15, -0.1) is 11.3 Å². The third-order valence-electron chi connectivity index (χ3n) is 3.30. The number of hydrogen-bond donors (Lipinski definition) is 1. The Labute approximate surface area is 135 Å². The fraction of sp³-hybridized carbons (Fsp3) is 0.412. The number of carbonyl (C=O) groups is 1. The van der Waals surface area contributed by atoms with Crippen molar-refractivity contribution in [2.75, 3.05) is 0 Å². The molecule has 2 rings (SSSR count). The molecule has 1 unspecified atom stereocenters. The normalized spacial score (nSPS) is 12.0. The van der Waals surface area contributed by atoms with E-state index in [9.17, 15) is 4.79 Å². The Morgan fingerprint density at radius 2 is 1.86 bits per heavy atom. The maximum atomic E-state index is 12.2. The van der Waals surface area contributed by atoms with Gasteiger partial charge >= 0.3 is 0 Å². The summed E-state index contributed by atoms with van der Waals surface area (Å²) in [6.07, 6.45) is -0.532. The number of nitrogens with zero attached hydrogens (tertiary/aromatic N) is 1. The van der Waals surface area contributed by atoms with Gasteiger partial charge in [-0.1, -0.05) is 6.07 Å². The van der Waals surface area contributed by atoms with E-state index in [2.05, 4.69) is 16.4 Å². The Morgan fingerprint density at radius 1 is 1.23 bits per heavy atom. The molecule has 2 aromatic rings. The molecule has 0 bridgehead atoms. The van der Waals surface area contributed by atoms with Crippen LogP contribution in [0.5, 0.6) is 5.75 Å². The molecule has 0 saturated carbocycles. The fourth-order valence-electron chi connectivity index (χ4n) is 2.31. The van der Waals surface area contributed by atoms with Crippen LogP contribution in [0.4, 0.5) is 0 Å². The molecule has 118 valence electrons. The smallest absolute Gasteiger partial charge is 0.261 e. The summed E-state index contributed by atoms with van der Waals surface area (Å²) in [7, 11) is 0. The average molecular weight is 318 g/mol. The van der Waals surface area contributed by atoms with Gasteiger partial charge in [0.05, 0.1) is 17.2 Å². The Bertz CT molecular complexity index is 659. The molecule has 0 saturated heterocycles. The van der Waals surface area contributed by atoms with E-state index in [4.69, 9.17) is 4.74 Å². The number of benzene rings is 1. The summed E-state index contributed by atoms with van der Waals surface area (Å²) in [6.45, 7) is 10.2. The number of thiazole rings is 1. The largest absolute Gasteiger partial charge is 0.481 e. The lowest BCUT2D eigenvalue weighted by molar-refractivity contribution is -0.127. The van der Waals surface area contributed by atoms with Crippen molar-refractivity contribution in [1.82, 2.24) is 10.3 Å². The van der Waals surface area contributed by atoms with E-state index in [1.807, 2.05) is 39.8 Å². The van der Waals surface area contributed by atoms with E-state index in [0.717, 1.165) is 32.5 Å². The highest BCUT2D eigenvalue weighted by atomic mass is 32.1. The van der Waals surface area contributed by atoms with Crippen molar-refractivity contribution in [2.45, 2.75) is 47.3 Å². The number of aromatic nitrogens is 1. The second-order valence-corrected chi connectivity index (χ2v) is 6.83. The van der Waals surface area contributed by atoms with Crippen LogP contribution in [0.3, 0.4) is 0 Å². The zero-order chi connectivity index (χ0) is 16.3. The number of rotatable bonds is 5. The predicted octanol–water partition coefficient (Wildman–Crippen LogP) is 3.46. The number of nitrogens with one attached hydrogen (secondary N) is 1. The minimum atomic E-state index is -0.532. The summed E-state index contributed by atoms with van der Waals surface area (Å²) in [4.78, 5) is 17.6. The monoisotopic (exact) mass is 318 g/mol. The molecule has 1 amide bonds. The van der Waals surface area contributed by atoms with Crippen LogP contribution >= 0.6 is 11.3 Å². The Kier molecular flexibility index (Phi) is 5.19. The van der Waals surface area contributed by atoms with E-state index in [0.29, 0.717) is 6.54 Å². The topological polar surface area (TPSA) is 51.2 Å². The van der Waals surface area contributed by atoms with Gasteiger partial charge in [0.15, 0.2) is 6.10 Å². The van der Waals surface area contributed by atoms with Gasteiger partial charge < -0.3 is 10.1 Å². The fourth-order valence-corrected chi connectivity index (χ4v) is 3.18. The van der Waals surface area contributed by atoms with Gasteiger partial charge in [-0.3, -0.25) is 4.79 Å². The first-order chi connectivity index (χ1) is 10.3. The third-order valence-corrected chi connectivity index (χ3v) is 4.37. The first-order valence-electron chi connectivity index (χ1n) is 7.30. The van der Waals surface area contributed by atoms with Crippen molar-refractivity contribution in [2.24, 2.45) is 0 Å². The first-order valence-corrected chi connectivity index (χ1v) is 8.12. The molecule has 0 spiro atoms. The van der Waals surface area contributed by atoms with E-state index in [1.165, 1.54) is 0 Å². The predicted molar refractivity (Wildman–Crippen MR) is 89.4 cm³/mol. The maximum absolute atomic E-state index is 12.2. The number of ether oxygens (including phenoxy) is 1. The summed E-state index contributed by atoms with van der Waals surface area (Å²) in [5.41, 5.74) is 3.22. The zero-order valence-corrected chi connectivity index (χ0v) is 14.5. The van der Waals surface area contributed by atoms with Crippen molar-refractivity contribution in [3.63, 3.8) is 0 Å². The van der Waals surface area contributed by atoms with Crippen molar-refractivity contribution in [1.29, 1.82) is 0 Å². The van der Waals surface area contributed by atoms with Gasteiger partial charge in [0, 0.05) is 4.88 Å². The minimum absolute atomic E-state index is 0.121. The van der Waals surface area contributed by atoms with Crippen LogP contribution in [-0.4, -0.2) is 17.0 Å². The average Bonchev–Trinajstić information content (AvgIpc) is 2.73. The van der Waals surface area contributed by atoms with Gasteiger partial charge in [0.25, 0.3) is 5.91 Å². The minimum Gasteiger partial charge on any atom is -0.481 e. The summed E-state index contributed by atoms with van der Waals surface area (Å²) < 4.78 is 5.74. The summed E-state index contributed by atoms with van der Waals surface area (Å²) in [5.74, 6) is 0.606. The van der Waals surface area contributed by atoms with Crippen LogP contribution in [0.15, 0.2) is 18.2 Å². The Balaban J connectivity index is 1.93. The van der Waals surface area contributed by atoms with E-state index >= 15 is 0 Å². The zero-order valence-electron chi connectivity index (χ0n) is 13.7. The second kappa shape index (κ2) is 6.92. The van der Waals surface area contributed by atoms with Gasteiger partial charge in [-0.25, -0.2) is 4.98 Å². The van der Waals surface area contributed by atoms with Crippen molar-refractivity contribution in [3.05, 3.63) is 44.9 Å². The van der Waals surface area contributed by atoms with Crippen LogP contribution in [-0.2, 0) is 11.3 Å². The standard InChI is InChI=1S/C17H22N2O2S/c1-10-6-11(2)8-15(7-10)21-13(4)17(20)18-9-16-12(3)19-14(5)22-16/h6-8,13H,9H2,1-5H3,(H,18,20). The molecule has 0 aliphatic heterocycles. The highest BCUT2D eigenvalue weighted by molar-refractivity contribution is 7.11. The second-order valence-electron chi connectivity index (χ2n) is 5.54. The molecule has 1 N–H and O–H groups in total. The lowest BCUT2D eigenvalue weighted by Crippen LogP contribution is -2.35. The molecule has 0 fully saturated rings. The molecule has 22 heavy (non-hydrogen) atoms. The van der Waals surface area contributed by atoms with E-state index in [-0.39, 0.29) is 5.91 Å². The lowest BCUT2D eigenvalue weighted by Gasteiger charge is -2.15. The van der Waals surface area contributed by atoms with Crippen LogP contribution < -0.4 is 10.1 Å². The van der Waals surface area contributed by atoms with E-state index in [1.54, 1.807) is 18.3 Å². The van der Waals surface area contributed by atoms with E-state index < -0.39 is 6.10 Å². The van der Waals surface area contributed by atoms with Gasteiger partial charge in [-0.2, -0.15) is 0 Å². The Hall–Kier alpha value is -1.88. The van der Waals surface area contributed by atoms with Crippen molar-refractivity contribution < 1.29 is 9.53 Å². The maximum Gasteiger partial charge on any atom is 0.261 e. The van der Waals surface area contributed by atoms with Gasteiger partial charge in [-0.05, 0) is 57.9 Å². The molecule has 0 radical (unpaired) electrons. The highest BCUT2D eigenvalue weighted by Gasteiger charge is 2.15. The number of aryl methyl sites for hydroxylation is 4. The van der Waals surface area contributed by atoms with Crippen LogP contribution in [0.2, 0.25) is 0 Å². The van der Waals surface area contributed by atoms with Crippen LogP contribution in [0.25, 0.3) is 0 Å². The van der Waals surface area contributed by atoms with Gasteiger partial charge in [0.1, 0.15) is 5.75 Å². The molecule has 4 nitrogen and oxygen atoms in total.